The van der Waals surface area contributed by atoms with Crippen LogP contribution in [-0.2, 0) is 0 Å². The van der Waals surface area contributed by atoms with E-state index in [4.69, 9.17) is 16.3 Å². The third-order valence-corrected chi connectivity index (χ3v) is 19.5. The Labute approximate surface area is 571 Å². The highest BCUT2D eigenvalue weighted by Gasteiger charge is 2.46. The molecule has 0 amide bonds. The maximum atomic E-state index is 6.41. The minimum absolute atomic E-state index is 0.608. The van der Waals surface area contributed by atoms with Crippen molar-refractivity contribution >= 4 is 90.9 Å². The summed E-state index contributed by atoms with van der Waals surface area (Å²) in [5.74, 6) is 1.82. The molecule has 8 nitrogen and oxygen atoms in total. The summed E-state index contributed by atoms with van der Waals surface area (Å²) in [4.78, 5) is 23.6. The molecular weight excluding hydrogens is 1210 g/mol. The number of hydrogen-bond acceptors (Lipinski definition) is 8. The van der Waals surface area contributed by atoms with Crippen molar-refractivity contribution in [2.75, 3.05) is 0 Å². The zero-order chi connectivity index (χ0) is 65.1. The van der Waals surface area contributed by atoms with Crippen LogP contribution in [0.3, 0.4) is 0 Å². The predicted octanol–water partition coefficient (Wildman–Crippen LogP) is 22.6. The molecule has 0 spiro atoms. The molecule has 0 bridgehead atoms. The predicted molar refractivity (Wildman–Crippen MR) is 403 cm³/mol. The zero-order valence-electron chi connectivity index (χ0n) is 53.0. The van der Waals surface area contributed by atoms with Crippen LogP contribution >= 0.6 is 0 Å². The van der Waals surface area contributed by atoms with Gasteiger partial charge in [0.05, 0.1) is 17.1 Å². The Bertz CT molecular complexity index is 5660. The molecule has 13 aromatic carbocycles. The van der Waals surface area contributed by atoms with Gasteiger partial charge in [-0.05, 0) is 154 Å². The van der Waals surface area contributed by atoms with E-state index in [1.54, 1.807) is 18.6 Å². The van der Waals surface area contributed by atoms with E-state index in [0.717, 1.165) is 66.5 Å². The molecule has 0 aliphatic heterocycles. The van der Waals surface area contributed by atoms with Crippen LogP contribution in [0.15, 0.2) is 352 Å². The summed E-state index contributed by atoms with van der Waals surface area (Å²) >= 11 is -2.86. The Balaban J connectivity index is 0.000000178. The number of para-hydroxylation sites is 3. The van der Waals surface area contributed by atoms with E-state index in [9.17, 15) is 0 Å². The van der Waals surface area contributed by atoms with E-state index in [-0.39, 0.29) is 0 Å². The van der Waals surface area contributed by atoms with Gasteiger partial charge in [-0.2, -0.15) is 0 Å². The van der Waals surface area contributed by atoms with Crippen molar-refractivity contribution in [3.63, 3.8) is 0 Å². The van der Waals surface area contributed by atoms with Gasteiger partial charge >= 0.3 is 15.1 Å². The van der Waals surface area contributed by atoms with Crippen molar-refractivity contribution in [1.29, 1.82) is 0 Å². The van der Waals surface area contributed by atoms with Gasteiger partial charge in [0.2, 0.25) is 0 Å². The number of pyridine rings is 5. The lowest BCUT2D eigenvalue weighted by atomic mass is 9.85. The van der Waals surface area contributed by atoms with Crippen LogP contribution in [0, 0.1) is 0 Å². The Morgan fingerprint density at radius 2 is 0.531 bits per heavy atom. The Morgan fingerprint density at radius 1 is 0.214 bits per heavy atom. The highest BCUT2D eigenvalue weighted by Crippen LogP contribution is 2.47. The van der Waals surface area contributed by atoms with Crippen molar-refractivity contribution in [2.24, 2.45) is 0 Å². The van der Waals surface area contributed by atoms with Crippen LogP contribution in [-0.4, -0.2) is 40.1 Å². The van der Waals surface area contributed by atoms with Crippen LogP contribution in [0.1, 0.15) is 0 Å². The van der Waals surface area contributed by atoms with Crippen LogP contribution in [0.2, 0.25) is 0 Å². The van der Waals surface area contributed by atoms with Gasteiger partial charge in [-0.1, -0.05) is 267 Å². The highest BCUT2D eigenvalue weighted by atomic mass is 27.3. The van der Waals surface area contributed by atoms with Crippen molar-refractivity contribution in [3.8, 4) is 95.5 Å². The van der Waals surface area contributed by atoms with E-state index in [2.05, 4.69) is 238 Å². The molecule has 0 fully saturated rings. The van der Waals surface area contributed by atoms with Gasteiger partial charge in [-0.3, -0.25) is 19.9 Å². The number of hydrogen-bond donors (Lipinski definition) is 0. The van der Waals surface area contributed by atoms with Crippen molar-refractivity contribution < 1.29 is 11.4 Å². The molecule has 0 radical (unpaired) electrons. The molecular formula is C89H58AlN5O3. The number of fused-ring (bicyclic) bond motifs is 7. The molecule has 0 saturated heterocycles. The van der Waals surface area contributed by atoms with E-state index < -0.39 is 15.1 Å². The maximum Gasteiger partial charge on any atom is 1.20 e. The van der Waals surface area contributed by atoms with Crippen molar-refractivity contribution in [3.05, 3.63) is 352 Å². The van der Waals surface area contributed by atoms with Crippen molar-refractivity contribution in [2.45, 2.75) is 0 Å². The third kappa shape index (κ3) is 11.3. The highest BCUT2D eigenvalue weighted by molar-refractivity contribution is 6.40. The van der Waals surface area contributed by atoms with Gasteiger partial charge < -0.3 is 11.4 Å². The number of aromatic nitrogens is 5. The molecule has 0 aliphatic carbocycles. The summed E-state index contributed by atoms with van der Waals surface area (Å²) in [6, 6.07) is 114. The topological polar surface area (TPSA) is 92.1 Å². The molecule has 0 atom stereocenters. The minimum atomic E-state index is -2.86. The van der Waals surface area contributed by atoms with Gasteiger partial charge in [-0.15, -0.1) is 0 Å². The second-order valence-electron chi connectivity index (χ2n) is 24.0. The van der Waals surface area contributed by atoms with Gasteiger partial charge in [0.25, 0.3) is 0 Å². The number of nitrogens with zero attached hydrogens (tertiary/aromatic N) is 5. The van der Waals surface area contributed by atoms with Gasteiger partial charge in [-0.25, -0.2) is 4.98 Å². The Hall–Kier alpha value is -12.6. The van der Waals surface area contributed by atoms with E-state index in [1.807, 2.05) is 115 Å². The lowest BCUT2D eigenvalue weighted by Crippen LogP contribution is -2.37. The average molecular weight is 1270 g/mol. The molecule has 0 N–H and O–H groups in total. The SMILES string of the molecule is c1ccc(-c2c3ccccc3c(-c3ccc(-c4ccc(-c5ccccn5)nc4-c4ccc(-c5c6ccccc6c(-c6ccccc6)c6ccccc56)cc4)cc3)c3ccccc23)cc1.c1cnc2c([O][Al]([O]c3cccc4cccnc34)[O]c3cccc4cccnc34)cccc2c1. The smallest absolute Gasteiger partial charge is 0.576 e. The third-order valence-electron chi connectivity index (χ3n) is 18.2. The fourth-order valence-corrected chi connectivity index (χ4v) is 15.1. The summed E-state index contributed by atoms with van der Waals surface area (Å²) in [5, 5.41) is 12.9. The van der Waals surface area contributed by atoms with Crippen LogP contribution in [0.4, 0.5) is 0 Å². The number of rotatable bonds is 13. The van der Waals surface area contributed by atoms with Gasteiger partial charge in [0, 0.05) is 52.1 Å². The zero-order valence-corrected chi connectivity index (χ0v) is 54.2. The molecule has 9 heteroatoms. The van der Waals surface area contributed by atoms with Gasteiger partial charge in [0.15, 0.2) is 0 Å². The summed E-state index contributed by atoms with van der Waals surface area (Å²) in [5.41, 5.74) is 17.9. The second-order valence-corrected chi connectivity index (χ2v) is 25.3. The first-order valence-electron chi connectivity index (χ1n) is 32.8. The summed E-state index contributed by atoms with van der Waals surface area (Å²) < 4.78 is 19.2. The fraction of sp³-hybridized carbons (Fsp3) is 0. The van der Waals surface area contributed by atoms with Crippen LogP contribution in [0.5, 0.6) is 17.2 Å². The van der Waals surface area contributed by atoms with E-state index in [1.165, 1.54) is 87.6 Å². The first-order valence-corrected chi connectivity index (χ1v) is 34.2. The molecule has 5 heterocycles. The second kappa shape index (κ2) is 26.3. The first kappa shape index (κ1) is 59.1. The standard InChI is InChI=1S/C62H40N2.3C9H7NO.Al/c1-3-17-42(18-4-1)58-48-21-7-11-25-52(48)60(53-26-12-8-22-49(53)58)44-32-30-41(31-33-44)47-38-39-57(56-29-15-16-40-63-56)64-62(47)46-36-34-45(35-37-46)61-54-27-13-9-23-50(54)59(43-19-5-2-6-20-43)51-24-10-14-28-55(51)61;3*11-8-5-1-3-7-4-2-6-10-9(7)8;/h1-40H;3*1-6,11H;/q;;;;+3/p-3. The molecule has 98 heavy (non-hydrogen) atoms. The average Bonchev–Trinajstić information content (AvgIpc) is 0.745. The molecule has 0 unspecified atom stereocenters. The lowest BCUT2D eigenvalue weighted by molar-refractivity contribution is 0.311. The molecule has 18 aromatic rings. The number of benzene rings is 13. The largest absolute Gasteiger partial charge is 1.20 e. The maximum absolute atomic E-state index is 6.41. The first-order chi connectivity index (χ1) is 48.6. The lowest BCUT2D eigenvalue weighted by Gasteiger charge is -2.18. The monoisotopic (exact) mass is 1270 g/mol. The summed E-state index contributed by atoms with van der Waals surface area (Å²) in [6.07, 6.45) is 7.07. The normalized spacial score (nSPS) is 11.3. The van der Waals surface area contributed by atoms with Gasteiger partial charge in [0.1, 0.15) is 33.8 Å². The molecule has 0 saturated carbocycles. The summed E-state index contributed by atoms with van der Waals surface area (Å²) in [7, 11) is 0. The Kier molecular flexibility index (Phi) is 15.9. The van der Waals surface area contributed by atoms with E-state index in [0.29, 0.717) is 17.2 Å². The minimum Gasteiger partial charge on any atom is -0.576 e. The van der Waals surface area contributed by atoms with Crippen LogP contribution < -0.4 is 11.4 Å². The molecule has 0 aliphatic rings. The molecule has 18 rings (SSSR count). The molecule has 460 valence electrons. The Morgan fingerprint density at radius 3 is 0.898 bits per heavy atom. The van der Waals surface area contributed by atoms with E-state index >= 15 is 0 Å². The van der Waals surface area contributed by atoms with Crippen LogP contribution in [0.25, 0.3) is 154 Å². The van der Waals surface area contributed by atoms with Crippen molar-refractivity contribution in [1.82, 2.24) is 24.9 Å². The summed E-state index contributed by atoms with van der Waals surface area (Å²) in [6.45, 7) is 0. The molecule has 5 aromatic heterocycles. The fourth-order valence-electron chi connectivity index (χ4n) is 13.8. The quantitative estimate of drug-likeness (QED) is 0.0833.